The van der Waals surface area contributed by atoms with Crippen LogP contribution in [0.1, 0.15) is 5.56 Å². The number of carbonyl (C=O) groups excluding carboxylic acids is 1. The van der Waals surface area contributed by atoms with Crippen molar-refractivity contribution in [1.29, 1.82) is 0 Å². The van der Waals surface area contributed by atoms with Gasteiger partial charge in [0.2, 0.25) is 0 Å². The molecule has 0 aromatic heterocycles. The van der Waals surface area contributed by atoms with Crippen LogP contribution in [0.25, 0.3) is 0 Å². The maximum Gasteiger partial charge on any atom is 0.192 e. The Morgan fingerprint density at radius 1 is 1.19 bits per heavy atom. The molecule has 0 N–H and O–H groups in total. The molecule has 3 rings (SSSR count). The normalized spacial score (nSPS) is 30.2. The number of carbonyl (C=O) groups is 1. The Kier molecular flexibility index (Phi) is 2.04. The molecule has 0 fully saturated rings. The van der Waals surface area contributed by atoms with Gasteiger partial charge in [0.15, 0.2) is 11.4 Å². The maximum absolute atomic E-state index is 11.7. The van der Waals surface area contributed by atoms with E-state index in [4.69, 9.17) is 4.74 Å². The van der Waals surface area contributed by atoms with Crippen molar-refractivity contribution >= 4 is 5.78 Å². The van der Waals surface area contributed by atoms with Gasteiger partial charge in [0, 0.05) is 5.92 Å². The molecule has 2 nitrogen and oxygen atoms in total. The van der Waals surface area contributed by atoms with E-state index in [9.17, 15) is 4.79 Å². The highest BCUT2D eigenvalue weighted by atomic mass is 16.5. The summed E-state index contributed by atoms with van der Waals surface area (Å²) in [7, 11) is 0. The Morgan fingerprint density at radius 2 is 2.00 bits per heavy atom. The summed E-state index contributed by atoms with van der Waals surface area (Å²) in [6.45, 7) is 0.481. The SMILES string of the molecule is O=C1C=C[C@H]2C=C[C@]12OCc1ccccc1. The van der Waals surface area contributed by atoms with Gasteiger partial charge in [-0.25, -0.2) is 0 Å². The van der Waals surface area contributed by atoms with Crippen LogP contribution in [0, 0.1) is 5.92 Å². The van der Waals surface area contributed by atoms with E-state index in [0.717, 1.165) is 5.56 Å². The molecule has 0 unspecified atom stereocenters. The van der Waals surface area contributed by atoms with Crippen molar-refractivity contribution in [1.82, 2.24) is 0 Å². The Balaban J connectivity index is 1.73. The third-order valence-corrected chi connectivity index (χ3v) is 3.21. The molecule has 0 saturated heterocycles. The van der Waals surface area contributed by atoms with Crippen LogP contribution >= 0.6 is 0 Å². The van der Waals surface area contributed by atoms with Crippen LogP contribution in [0.5, 0.6) is 0 Å². The molecule has 0 spiro atoms. The van der Waals surface area contributed by atoms with Gasteiger partial charge < -0.3 is 4.74 Å². The molecule has 0 saturated carbocycles. The van der Waals surface area contributed by atoms with Crippen LogP contribution in [0.2, 0.25) is 0 Å². The van der Waals surface area contributed by atoms with Gasteiger partial charge in [-0.2, -0.15) is 0 Å². The van der Waals surface area contributed by atoms with E-state index in [1.54, 1.807) is 6.08 Å². The van der Waals surface area contributed by atoms with Crippen LogP contribution < -0.4 is 0 Å². The monoisotopic (exact) mass is 212 g/mol. The average Bonchev–Trinajstić information content (AvgIpc) is 2.49. The minimum Gasteiger partial charge on any atom is -0.357 e. The Morgan fingerprint density at radius 3 is 2.62 bits per heavy atom. The Bertz CT molecular complexity index is 473. The van der Waals surface area contributed by atoms with E-state index in [1.165, 1.54) is 0 Å². The summed E-state index contributed by atoms with van der Waals surface area (Å²) in [6.07, 6.45) is 7.40. The molecule has 2 aliphatic rings. The summed E-state index contributed by atoms with van der Waals surface area (Å²) >= 11 is 0. The Hall–Kier alpha value is -1.67. The third-order valence-electron chi connectivity index (χ3n) is 3.21. The van der Waals surface area contributed by atoms with Crippen LogP contribution in [0.15, 0.2) is 54.6 Å². The van der Waals surface area contributed by atoms with E-state index in [1.807, 2.05) is 48.6 Å². The number of rotatable bonds is 3. The highest BCUT2D eigenvalue weighted by Crippen LogP contribution is 2.41. The average molecular weight is 212 g/mol. The molecule has 0 heterocycles. The van der Waals surface area contributed by atoms with Crippen LogP contribution in [0.3, 0.4) is 0 Å². The third kappa shape index (κ3) is 1.27. The highest BCUT2D eigenvalue weighted by Gasteiger charge is 2.50. The molecule has 1 aromatic rings. The number of ketones is 1. The van der Waals surface area contributed by atoms with Crippen molar-refractivity contribution in [2.45, 2.75) is 12.2 Å². The number of ether oxygens (including phenoxy) is 1. The topological polar surface area (TPSA) is 26.3 Å². The zero-order valence-electron chi connectivity index (χ0n) is 8.80. The fourth-order valence-electron chi connectivity index (χ4n) is 2.15. The van der Waals surface area contributed by atoms with E-state index < -0.39 is 5.60 Å². The van der Waals surface area contributed by atoms with Crippen molar-refractivity contribution in [2.75, 3.05) is 0 Å². The summed E-state index contributed by atoms with van der Waals surface area (Å²) in [4.78, 5) is 11.7. The zero-order chi connectivity index (χ0) is 11.0. The summed E-state index contributed by atoms with van der Waals surface area (Å²) in [5.74, 6) is 0.208. The predicted octanol–water partition coefficient (Wildman–Crippen LogP) is 2.27. The highest BCUT2D eigenvalue weighted by molar-refractivity contribution is 6.03. The first-order valence-corrected chi connectivity index (χ1v) is 5.41. The predicted molar refractivity (Wildman–Crippen MR) is 60.7 cm³/mol. The molecular weight excluding hydrogens is 200 g/mol. The lowest BCUT2D eigenvalue weighted by Gasteiger charge is -2.36. The van der Waals surface area contributed by atoms with Gasteiger partial charge in [-0.1, -0.05) is 42.5 Å². The lowest BCUT2D eigenvalue weighted by atomic mass is 9.79. The molecule has 0 bridgehead atoms. The minimum absolute atomic E-state index is 0.0657. The fourth-order valence-corrected chi connectivity index (χ4v) is 2.15. The van der Waals surface area contributed by atoms with Gasteiger partial charge in [-0.05, 0) is 17.7 Å². The van der Waals surface area contributed by atoms with Gasteiger partial charge in [0.05, 0.1) is 6.61 Å². The second kappa shape index (κ2) is 3.42. The molecular formula is C14H12O2. The molecule has 2 atom stereocenters. The van der Waals surface area contributed by atoms with Crippen LogP contribution in [0.4, 0.5) is 0 Å². The minimum atomic E-state index is -0.685. The summed E-state index contributed by atoms with van der Waals surface area (Å²) in [5.41, 5.74) is 0.408. The maximum atomic E-state index is 11.7. The summed E-state index contributed by atoms with van der Waals surface area (Å²) < 4.78 is 5.79. The second-order valence-electron chi connectivity index (χ2n) is 4.18. The quantitative estimate of drug-likeness (QED) is 0.718. The first kappa shape index (κ1) is 9.55. The molecule has 80 valence electrons. The molecule has 2 heteroatoms. The molecule has 0 radical (unpaired) electrons. The van der Waals surface area contributed by atoms with Gasteiger partial charge in [-0.15, -0.1) is 0 Å². The summed E-state index contributed by atoms with van der Waals surface area (Å²) in [5, 5.41) is 0. The van der Waals surface area contributed by atoms with E-state index in [2.05, 4.69) is 0 Å². The van der Waals surface area contributed by atoms with Gasteiger partial charge >= 0.3 is 0 Å². The van der Waals surface area contributed by atoms with Crippen molar-refractivity contribution in [3.63, 3.8) is 0 Å². The van der Waals surface area contributed by atoms with E-state index in [-0.39, 0.29) is 11.7 Å². The lowest BCUT2D eigenvalue weighted by Crippen LogP contribution is -2.46. The zero-order valence-corrected chi connectivity index (χ0v) is 8.80. The number of benzene rings is 1. The standard InChI is InChI=1S/C14H12O2/c15-13-7-6-12-8-9-14(12,13)16-10-11-4-2-1-3-5-11/h1-9,12H,10H2/t12-,14+/m0/s1. The first-order chi connectivity index (χ1) is 7.81. The van der Waals surface area contributed by atoms with Gasteiger partial charge in [0.1, 0.15) is 0 Å². The fraction of sp³-hybridized carbons (Fsp3) is 0.214. The van der Waals surface area contributed by atoms with E-state index in [0.29, 0.717) is 6.61 Å². The van der Waals surface area contributed by atoms with Gasteiger partial charge in [0.25, 0.3) is 0 Å². The van der Waals surface area contributed by atoms with Crippen LogP contribution in [-0.2, 0) is 16.1 Å². The number of fused-ring (bicyclic) bond motifs is 1. The van der Waals surface area contributed by atoms with Crippen molar-refractivity contribution in [2.24, 2.45) is 5.92 Å². The molecule has 0 aliphatic heterocycles. The van der Waals surface area contributed by atoms with Crippen LogP contribution in [-0.4, -0.2) is 11.4 Å². The largest absolute Gasteiger partial charge is 0.357 e. The molecule has 2 aliphatic carbocycles. The smallest absolute Gasteiger partial charge is 0.192 e. The Labute approximate surface area is 94.2 Å². The molecule has 1 aromatic carbocycles. The van der Waals surface area contributed by atoms with Crippen molar-refractivity contribution in [3.05, 3.63) is 60.2 Å². The molecule has 16 heavy (non-hydrogen) atoms. The lowest BCUT2D eigenvalue weighted by molar-refractivity contribution is -0.138. The number of hydrogen-bond donors (Lipinski definition) is 0. The molecule has 0 amide bonds. The summed E-state index contributed by atoms with van der Waals surface area (Å²) in [6, 6.07) is 9.91. The number of hydrogen-bond acceptors (Lipinski definition) is 2. The first-order valence-electron chi connectivity index (χ1n) is 5.41. The second-order valence-corrected chi connectivity index (χ2v) is 4.18. The van der Waals surface area contributed by atoms with Crippen molar-refractivity contribution in [3.8, 4) is 0 Å². The van der Waals surface area contributed by atoms with Crippen molar-refractivity contribution < 1.29 is 9.53 Å². The van der Waals surface area contributed by atoms with E-state index >= 15 is 0 Å². The van der Waals surface area contributed by atoms with Gasteiger partial charge in [-0.3, -0.25) is 4.79 Å².